The fourth-order valence-electron chi connectivity index (χ4n) is 2.92. The molecule has 27 heavy (non-hydrogen) atoms. The molecule has 0 radical (unpaired) electrons. The molecule has 3 aromatic rings. The molecule has 6 heteroatoms. The highest BCUT2D eigenvalue weighted by Crippen LogP contribution is 2.27. The van der Waals surface area contributed by atoms with Gasteiger partial charge in [0.05, 0.1) is 5.25 Å². The van der Waals surface area contributed by atoms with Crippen molar-refractivity contribution in [1.29, 1.82) is 0 Å². The van der Waals surface area contributed by atoms with Crippen molar-refractivity contribution in [1.82, 2.24) is 19.7 Å². The number of nitrogens with zero attached hydrogens (tertiary/aromatic N) is 4. The van der Waals surface area contributed by atoms with E-state index in [0.717, 1.165) is 28.7 Å². The third kappa shape index (κ3) is 4.57. The van der Waals surface area contributed by atoms with Gasteiger partial charge < -0.3 is 9.47 Å². The predicted molar refractivity (Wildman–Crippen MR) is 109 cm³/mol. The van der Waals surface area contributed by atoms with Crippen LogP contribution in [0.5, 0.6) is 0 Å². The van der Waals surface area contributed by atoms with Crippen molar-refractivity contribution in [2.24, 2.45) is 0 Å². The second-order valence-electron chi connectivity index (χ2n) is 6.36. The molecule has 3 rings (SSSR count). The third-order valence-electron chi connectivity index (χ3n) is 4.33. The smallest absolute Gasteiger partial charge is 0.235 e. The quantitative estimate of drug-likeness (QED) is 0.579. The Bertz CT molecular complexity index is 880. The van der Waals surface area contributed by atoms with E-state index in [1.54, 1.807) is 4.90 Å². The molecule has 0 aliphatic rings. The summed E-state index contributed by atoms with van der Waals surface area (Å²) < 4.78 is 2.06. The zero-order chi connectivity index (χ0) is 19.2. The number of benzene rings is 2. The van der Waals surface area contributed by atoms with Crippen LogP contribution in [-0.2, 0) is 17.9 Å². The van der Waals surface area contributed by atoms with E-state index in [1.807, 2.05) is 74.6 Å². The lowest BCUT2D eigenvalue weighted by atomic mass is 10.2. The van der Waals surface area contributed by atoms with Crippen LogP contribution in [0.25, 0.3) is 11.4 Å². The molecule has 0 saturated carbocycles. The van der Waals surface area contributed by atoms with Crippen LogP contribution in [0.3, 0.4) is 0 Å². The van der Waals surface area contributed by atoms with Gasteiger partial charge in [0.15, 0.2) is 11.0 Å². The van der Waals surface area contributed by atoms with E-state index in [1.165, 1.54) is 11.8 Å². The molecule has 0 fully saturated rings. The van der Waals surface area contributed by atoms with Crippen molar-refractivity contribution in [3.8, 4) is 11.4 Å². The third-order valence-corrected chi connectivity index (χ3v) is 5.40. The minimum absolute atomic E-state index is 0.0794. The van der Waals surface area contributed by atoms with Gasteiger partial charge in [-0.3, -0.25) is 4.79 Å². The number of hydrogen-bond donors (Lipinski definition) is 0. The Hall–Kier alpha value is -2.60. The lowest BCUT2D eigenvalue weighted by Crippen LogP contribution is -2.33. The molecule has 0 spiro atoms. The SMILES string of the molecule is CCn1c(S[C@@H](C)C(=O)N(C)Cc2ccccc2)nnc1-c1ccccc1. The molecule has 1 aromatic heterocycles. The molecule has 0 bridgehead atoms. The highest BCUT2D eigenvalue weighted by molar-refractivity contribution is 8.00. The van der Waals surface area contributed by atoms with Crippen molar-refractivity contribution in [3.05, 3.63) is 66.2 Å². The van der Waals surface area contributed by atoms with Gasteiger partial charge in [-0.25, -0.2) is 0 Å². The summed E-state index contributed by atoms with van der Waals surface area (Å²) in [6.07, 6.45) is 0. The van der Waals surface area contributed by atoms with Crippen LogP contribution in [0.15, 0.2) is 65.8 Å². The monoisotopic (exact) mass is 380 g/mol. The molecule has 0 unspecified atom stereocenters. The van der Waals surface area contributed by atoms with Gasteiger partial charge in [-0.2, -0.15) is 0 Å². The first-order chi connectivity index (χ1) is 13.1. The van der Waals surface area contributed by atoms with Crippen molar-refractivity contribution in [3.63, 3.8) is 0 Å². The summed E-state index contributed by atoms with van der Waals surface area (Å²) in [4.78, 5) is 14.5. The Morgan fingerprint density at radius 3 is 2.33 bits per heavy atom. The van der Waals surface area contributed by atoms with E-state index >= 15 is 0 Å². The number of aromatic nitrogens is 3. The largest absolute Gasteiger partial charge is 0.340 e. The number of carbonyl (C=O) groups excluding carboxylic acids is 1. The fourth-order valence-corrected chi connectivity index (χ4v) is 3.94. The maximum atomic E-state index is 12.8. The molecule has 0 saturated heterocycles. The topological polar surface area (TPSA) is 51.0 Å². The van der Waals surface area contributed by atoms with E-state index in [4.69, 9.17) is 0 Å². The highest BCUT2D eigenvalue weighted by atomic mass is 32.2. The molecule has 0 aliphatic heterocycles. The molecule has 0 N–H and O–H groups in total. The normalized spacial score (nSPS) is 12.0. The summed E-state index contributed by atoms with van der Waals surface area (Å²) in [5.74, 6) is 0.911. The Kier molecular flexibility index (Phi) is 6.29. The van der Waals surface area contributed by atoms with Gasteiger partial charge in [0.1, 0.15) is 0 Å². The van der Waals surface area contributed by atoms with Gasteiger partial charge in [0, 0.05) is 25.7 Å². The van der Waals surface area contributed by atoms with Gasteiger partial charge in [-0.05, 0) is 19.4 Å². The lowest BCUT2D eigenvalue weighted by molar-refractivity contribution is -0.129. The fraction of sp³-hybridized carbons (Fsp3) is 0.286. The first-order valence-electron chi connectivity index (χ1n) is 9.04. The Balaban J connectivity index is 1.71. The van der Waals surface area contributed by atoms with E-state index < -0.39 is 0 Å². The Morgan fingerprint density at radius 1 is 1.07 bits per heavy atom. The van der Waals surface area contributed by atoms with E-state index in [0.29, 0.717) is 6.54 Å². The number of rotatable bonds is 7. The van der Waals surface area contributed by atoms with E-state index in [-0.39, 0.29) is 11.2 Å². The summed E-state index contributed by atoms with van der Waals surface area (Å²) in [5, 5.41) is 9.21. The number of amides is 1. The summed E-state index contributed by atoms with van der Waals surface area (Å²) in [7, 11) is 1.84. The molecule has 140 valence electrons. The molecule has 1 amide bonds. The second kappa shape index (κ2) is 8.86. The average Bonchev–Trinajstić information content (AvgIpc) is 3.11. The minimum Gasteiger partial charge on any atom is -0.340 e. The van der Waals surface area contributed by atoms with Gasteiger partial charge in [0.25, 0.3) is 0 Å². The zero-order valence-corrected chi connectivity index (χ0v) is 16.7. The van der Waals surface area contributed by atoms with E-state index in [9.17, 15) is 4.79 Å². The molecular formula is C21H24N4OS. The number of hydrogen-bond acceptors (Lipinski definition) is 4. The Morgan fingerprint density at radius 2 is 1.70 bits per heavy atom. The van der Waals surface area contributed by atoms with Crippen LogP contribution in [0.1, 0.15) is 19.4 Å². The minimum atomic E-state index is -0.239. The lowest BCUT2D eigenvalue weighted by Gasteiger charge is -2.21. The van der Waals surface area contributed by atoms with Crippen LogP contribution in [0.2, 0.25) is 0 Å². The second-order valence-corrected chi connectivity index (χ2v) is 7.66. The summed E-state index contributed by atoms with van der Waals surface area (Å²) in [5.41, 5.74) is 2.15. The zero-order valence-electron chi connectivity index (χ0n) is 15.9. The summed E-state index contributed by atoms with van der Waals surface area (Å²) in [6, 6.07) is 20.0. The molecule has 1 atom stereocenters. The van der Waals surface area contributed by atoms with Crippen molar-refractivity contribution in [2.45, 2.75) is 37.3 Å². The predicted octanol–water partition coefficient (Wildman–Crippen LogP) is 4.10. The van der Waals surface area contributed by atoms with Crippen LogP contribution in [0, 0.1) is 0 Å². The van der Waals surface area contributed by atoms with Gasteiger partial charge in [-0.15, -0.1) is 10.2 Å². The molecule has 2 aromatic carbocycles. The summed E-state index contributed by atoms with van der Waals surface area (Å²) >= 11 is 1.46. The molecular weight excluding hydrogens is 356 g/mol. The van der Waals surface area contributed by atoms with Crippen LogP contribution in [0.4, 0.5) is 0 Å². The maximum absolute atomic E-state index is 12.8. The average molecular weight is 381 g/mol. The highest BCUT2D eigenvalue weighted by Gasteiger charge is 2.22. The van der Waals surface area contributed by atoms with Crippen LogP contribution in [-0.4, -0.2) is 37.9 Å². The van der Waals surface area contributed by atoms with E-state index in [2.05, 4.69) is 21.7 Å². The van der Waals surface area contributed by atoms with Crippen LogP contribution >= 0.6 is 11.8 Å². The van der Waals surface area contributed by atoms with Gasteiger partial charge in [-0.1, -0.05) is 72.4 Å². The maximum Gasteiger partial charge on any atom is 0.235 e. The summed E-state index contributed by atoms with van der Waals surface area (Å²) in [6.45, 7) is 5.33. The number of carbonyl (C=O) groups is 1. The van der Waals surface area contributed by atoms with Crippen LogP contribution < -0.4 is 0 Å². The van der Waals surface area contributed by atoms with Gasteiger partial charge >= 0.3 is 0 Å². The molecule has 1 heterocycles. The van der Waals surface area contributed by atoms with Crippen molar-refractivity contribution >= 4 is 17.7 Å². The number of thioether (sulfide) groups is 1. The molecule has 0 aliphatic carbocycles. The first-order valence-corrected chi connectivity index (χ1v) is 9.92. The van der Waals surface area contributed by atoms with Crippen molar-refractivity contribution < 1.29 is 4.79 Å². The standard InChI is InChI=1S/C21H24N4OS/c1-4-25-19(18-13-9-6-10-14-18)22-23-21(25)27-16(2)20(26)24(3)15-17-11-7-5-8-12-17/h5-14,16H,4,15H2,1-3H3/t16-/m0/s1. The first kappa shape index (κ1) is 19.2. The van der Waals surface area contributed by atoms with Crippen molar-refractivity contribution in [2.75, 3.05) is 7.05 Å². The molecule has 5 nitrogen and oxygen atoms in total. The van der Waals surface area contributed by atoms with Gasteiger partial charge in [0.2, 0.25) is 5.91 Å². The Labute approximate surface area is 164 Å².